The lowest BCUT2D eigenvalue weighted by Gasteiger charge is -2.19. The van der Waals surface area contributed by atoms with E-state index in [2.05, 4.69) is 110 Å². The van der Waals surface area contributed by atoms with Crippen molar-refractivity contribution in [2.45, 2.75) is 0 Å². The van der Waals surface area contributed by atoms with Crippen molar-refractivity contribution in [1.82, 2.24) is 0 Å². The molecular formula is C28H20. The fourth-order valence-electron chi connectivity index (χ4n) is 4.25. The summed E-state index contributed by atoms with van der Waals surface area (Å²) in [7, 11) is 0. The van der Waals surface area contributed by atoms with Crippen molar-refractivity contribution in [2.24, 2.45) is 0 Å². The zero-order valence-electron chi connectivity index (χ0n) is 15.6. The van der Waals surface area contributed by atoms with E-state index in [1.165, 1.54) is 49.4 Å². The maximum absolute atomic E-state index is 4.10. The van der Waals surface area contributed by atoms with Crippen molar-refractivity contribution in [3.05, 3.63) is 115 Å². The van der Waals surface area contributed by atoms with Crippen LogP contribution in [0.25, 0.3) is 49.9 Å². The zero-order valence-corrected chi connectivity index (χ0v) is 15.6. The van der Waals surface area contributed by atoms with Crippen LogP contribution >= 0.6 is 0 Å². The van der Waals surface area contributed by atoms with Gasteiger partial charge in [0.2, 0.25) is 0 Å². The summed E-state index contributed by atoms with van der Waals surface area (Å²) < 4.78 is 0. The molecule has 0 heteroatoms. The molecule has 0 unspecified atom stereocenters. The molecule has 0 saturated carbocycles. The molecule has 0 saturated heterocycles. The van der Waals surface area contributed by atoms with Gasteiger partial charge in [0, 0.05) is 0 Å². The van der Waals surface area contributed by atoms with Gasteiger partial charge in [0.1, 0.15) is 0 Å². The van der Waals surface area contributed by atoms with Gasteiger partial charge < -0.3 is 0 Å². The lowest BCUT2D eigenvalue weighted by Crippen LogP contribution is -1.92. The maximum Gasteiger partial charge on any atom is -0.00203 e. The van der Waals surface area contributed by atoms with Crippen molar-refractivity contribution in [3.8, 4) is 22.3 Å². The van der Waals surface area contributed by atoms with Crippen LogP contribution < -0.4 is 0 Å². The van der Waals surface area contributed by atoms with Gasteiger partial charge in [0.25, 0.3) is 0 Å². The summed E-state index contributed by atoms with van der Waals surface area (Å²) in [6.07, 6.45) is 1.97. The molecule has 0 aliphatic carbocycles. The second kappa shape index (κ2) is 6.83. The second-order valence-corrected chi connectivity index (χ2v) is 7.00. The molecule has 0 fully saturated rings. The zero-order chi connectivity index (χ0) is 18.9. The molecular weight excluding hydrogens is 336 g/mol. The van der Waals surface area contributed by atoms with Gasteiger partial charge in [-0.25, -0.2) is 0 Å². The molecule has 28 heavy (non-hydrogen) atoms. The normalized spacial score (nSPS) is 11.0. The fraction of sp³-hybridized carbons (Fsp3) is 0. The SMILES string of the molecule is C=Cc1cccc2c(-c3ccccc3)c3ccccc3c(-c3ccccc3)c12. The molecule has 0 amide bonds. The summed E-state index contributed by atoms with van der Waals surface area (Å²) in [6, 6.07) is 36.6. The van der Waals surface area contributed by atoms with E-state index in [4.69, 9.17) is 0 Å². The maximum atomic E-state index is 4.10. The van der Waals surface area contributed by atoms with Gasteiger partial charge in [-0.2, -0.15) is 0 Å². The summed E-state index contributed by atoms with van der Waals surface area (Å²) in [5, 5.41) is 5.08. The van der Waals surface area contributed by atoms with Crippen LogP contribution in [-0.4, -0.2) is 0 Å². The second-order valence-electron chi connectivity index (χ2n) is 7.00. The Hall–Kier alpha value is -3.64. The molecule has 0 N–H and O–H groups in total. The van der Waals surface area contributed by atoms with Crippen LogP contribution in [0.5, 0.6) is 0 Å². The van der Waals surface area contributed by atoms with Crippen LogP contribution in [0.15, 0.2) is 110 Å². The van der Waals surface area contributed by atoms with Crippen LogP contribution in [0.1, 0.15) is 5.56 Å². The first-order valence-electron chi connectivity index (χ1n) is 9.59. The van der Waals surface area contributed by atoms with Crippen molar-refractivity contribution >= 4 is 27.6 Å². The first kappa shape index (κ1) is 16.5. The highest BCUT2D eigenvalue weighted by molar-refractivity contribution is 6.23. The van der Waals surface area contributed by atoms with E-state index in [9.17, 15) is 0 Å². The Labute approximate surface area is 165 Å². The lowest BCUT2D eigenvalue weighted by atomic mass is 9.84. The Balaban J connectivity index is 2.08. The molecule has 132 valence electrons. The Bertz CT molecular complexity index is 1300. The van der Waals surface area contributed by atoms with E-state index in [0.29, 0.717) is 0 Å². The molecule has 0 atom stereocenters. The summed E-state index contributed by atoms with van der Waals surface area (Å²) in [5.41, 5.74) is 6.21. The third kappa shape index (κ3) is 2.54. The topological polar surface area (TPSA) is 0 Å². The molecule has 0 aliphatic heterocycles. The molecule has 0 nitrogen and oxygen atoms in total. The quantitative estimate of drug-likeness (QED) is 0.288. The fourth-order valence-corrected chi connectivity index (χ4v) is 4.25. The Morgan fingerprint density at radius 3 is 1.57 bits per heavy atom. The van der Waals surface area contributed by atoms with E-state index >= 15 is 0 Å². The summed E-state index contributed by atoms with van der Waals surface area (Å²) in [5.74, 6) is 0. The van der Waals surface area contributed by atoms with Crippen LogP contribution in [0.2, 0.25) is 0 Å². The number of benzene rings is 5. The van der Waals surface area contributed by atoms with E-state index in [-0.39, 0.29) is 0 Å². The number of hydrogen-bond donors (Lipinski definition) is 0. The Kier molecular flexibility index (Phi) is 4.03. The van der Waals surface area contributed by atoms with Crippen LogP contribution in [0, 0.1) is 0 Å². The van der Waals surface area contributed by atoms with E-state index < -0.39 is 0 Å². The van der Waals surface area contributed by atoms with Gasteiger partial charge in [-0.1, -0.05) is 116 Å². The molecule has 0 spiro atoms. The van der Waals surface area contributed by atoms with Gasteiger partial charge >= 0.3 is 0 Å². The minimum Gasteiger partial charge on any atom is -0.0984 e. The van der Waals surface area contributed by atoms with Gasteiger partial charge in [0.05, 0.1) is 0 Å². The summed E-state index contributed by atoms with van der Waals surface area (Å²) in [4.78, 5) is 0. The minimum atomic E-state index is 1.17. The van der Waals surface area contributed by atoms with Gasteiger partial charge in [-0.15, -0.1) is 0 Å². The number of hydrogen-bond acceptors (Lipinski definition) is 0. The summed E-state index contributed by atoms with van der Waals surface area (Å²) >= 11 is 0. The van der Waals surface area contributed by atoms with Gasteiger partial charge in [-0.05, 0) is 49.4 Å². The Morgan fingerprint density at radius 1 is 0.464 bits per heavy atom. The van der Waals surface area contributed by atoms with Crippen LogP contribution in [-0.2, 0) is 0 Å². The van der Waals surface area contributed by atoms with Crippen molar-refractivity contribution in [3.63, 3.8) is 0 Å². The molecule has 5 aromatic carbocycles. The predicted molar refractivity (Wildman–Crippen MR) is 122 cm³/mol. The molecule has 0 aromatic heterocycles. The van der Waals surface area contributed by atoms with Crippen LogP contribution in [0.3, 0.4) is 0 Å². The van der Waals surface area contributed by atoms with E-state index in [1.54, 1.807) is 0 Å². The molecule has 5 rings (SSSR count). The van der Waals surface area contributed by atoms with Crippen molar-refractivity contribution < 1.29 is 0 Å². The van der Waals surface area contributed by atoms with Crippen LogP contribution in [0.4, 0.5) is 0 Å². The smallest absolute Gasteiger partial charge is 0.00203 e. The number of fused-ring (bicyclic) bond motifs is 2. The highest BCUT2D eigenvalue weighted by Gasteiger charge is 2.17. The van der Waals surface area contributed by atoms with E-state index in [1.807, 2.05) is 6.08 Å². The van der Waals surface area contributed by atoms with E-state index in [0.717, 1.165) is 0 Å². The predicted octanol–water partition coefficient (Wildman–Crippen LogP) is 7.97. The molecule has 0 bridgehead atoms. The first-order chi connectivity index (χ1) is 13.9. The molecule has 0 heterocycles. The molecule has 0 aliphatic rings. The largest absolute Gasteiger partial charge is 0.0984 e. The van der Waals surface area contributed by atoms with Gasteiger partial charge in [-0.3, -0.25) is 0 Å². The third-order valence-electron chi connectivity index (χ3n) is 5.43. The first-order valence-corrected chi connectivity index (χ1v) is 9.59. The average Bonchev–Trinajstić information content (AvgIpc) is 2.78. The molecule has 5 aromatic rings. The average molecular weight is 356 g/mol. The van der Waals surface area contributed by atoms with Crippen molar-refractivity contribution in [1.29, 1.82) is 0 Å². The highest BCUT2D eigenvalue weighted by Crippen LogP contribution is 2.44. The lowest BCUT2D eigenvalue weighted by molar-refractivity contribution is 1.64. The minimum absolute atomic E-state index is 1.17. The summed E-state index contributed by atoms with van der Waals surface area (Å²) in [6.45, 7) is 4.10. The standard InChI is InChI=1S/C28H20/c1-2-20-16-11-19-25-26(21-12-5-3-6-13-21)23-17-9-10-18-24(23)28(27(20)25)22-14-7-4-8-15-22/h2-19H,1H2. The highest BCUT2D eigenvalue weighted by atomic mass is 14.2. The van der Waals surface area contributed by atoms with Crippen molar-refractivity contribution in [2.75, 3.05) is 0 Å². The Morgan fingerprint density at radius 2 is 0.964 bits per heavy atom. The molecule has 0 radical (unpaired) electrons. The number of rotatable bonds is 3. The monoisotopic (exact) mass is 356 g/mol. The van der Waals surface area contributed by atoms with Gasteiger partial charge in [0.15, 0.2) is 0 Å². The third-order valence-corrected chi connectivity index (χ3v) is 5.43.